The highest BCUT2D eigenvalue weighted by Crippen LogP contribution is 2.27. The van der Waals surface area contributed by atoms with Crippen LogP contribution in [0.15, 0.2) is 0 Å². The summed E-state index contributed by atoms with van der Waals surface area (Å²) in [5.41, 5.74) is 0. The van der Waals surface area contributed by atoms with Crippen LogP contribution in [0.3, 0.4) is 0 Å². The summed E-state index contributed by atoms with van der Waals surface area (Å²) in [7, 11) is 0. The zero-order valence-electron chi connectivity index (χ0n) is 12.4. The molecule has 1 aliphatic carbocycles. The van der Waals surface area contributed by atoms with Gasteiger partial charge in [-0.1, -0.05) is 0 Å². The van der Waals surface area contributed by atoms with E-state index in [0.29, 0.717) is 19.7 Å². The van der Waals surface area contributed by atoms with Gasteiger partial charge in [0.1, 0.15) is 6.04 Å². The van der Waals surface area contributed by atoms with Crippen molar-refractivity contribution in [1.82, 2.24) is 15.5 Å². The molecule has 0 aromatic carbocycles. The molecule has 0 spiro atoms. The van der Waals surface area contributed by atoms with Crippen LogP contribution in [-0.4, -0.2) is 61.6 Å². The Morgan fingerprint density at radius 3 is 2.75 bits per heavy atom. The van der Waals surface area contributed by atoms with Crippen molar-refractivity contribution in [2.45, 2.75) is 38.8 Å². The van der Waals surface area contributed by atoms with Gasteiger partial charge in [-0.05, 0) is 39.2 Å². The van der Waals surface area contributed by atoms with Gasteiger partial charge in [0.25, 0.3) is 0 Å². The predicted molar refractivity (Wildman–Crippen MR) is 75.2 cm³/mol. The fourth-order valence-corrected chi connectivity index (χ4v) is 2.31. The minimum absolute atomic E-state index is 0.0159. The van der Waals surface area contributed by atoms with E-state index in [0.717, 1.165) is 12.5 Å². The minimum atomic E-state index is -0.499. The molecule has 2 amide bonds. The lowest BCUT2D eigenvalue weighted by atomic mass is 10.2. The summed E-state index contributed by atoms with van der Waals surface area (Å²) in [5.74, 6) is 0.598. The van der Waals surface area contributed by atoms with E-state index < -0.39 is 6.04 Å². The van der Waals surface area contributed by atoms with Crippen LogP contribution in [0, 0.1) is 5.92 Å². The summed E-state index contributed by atoms with van der Waals surface area (Å²) < 4.78 is 5.34. The van der Waals surface area contributed by atoms with Crippen molar-refractivity contribution < 1.29 is 14.3 Å². The van der Waals surface area contributed by atoms with Gasteiger partial charge in [-0.2, -0.15) is 0 Å². The molecule has 6 heteroatoms. The van der Waals surface area contributed by atoms with Crippen molar-refractivity contribution in [2.24, 2.45) is 5.92 Å². The molecule has 1 atom stereocenters. The number of nitrogens with one attached hydrogen (secondary N) is 2. The van der Waals surface area contributed by atoms with E-state index in [4.69, 9.17) is 4.74 Å². The van der Waals surface area contributed by atoms with Crippen molar-refractivity contribution in [2.75, 3.05) is 32.8 Å². The molecular weight excluding hydrogens is 258 g/mol. The molecule has 2 N–H and O–H groups in total. The van der Waals surface area contributed by atoms with E-state index in [1.807, 2.05) is 13.8 Å². The number of hydrogen-bond acceptors (Lipinski definition) is 4. The van der Waals surface area contributed by atoms with Gasteiger partial charge in [0.05, 0.1) is 19.8 Å². The summed E-state index contributed by atoms with van der Waals surface area (Å²) in [6, 6.07) is -0.434. The quantitative estimate of drug-likeness (QED) is 0.704. The van der Waals surface area contributed by atoms with E-state index in [-0.39, 0.29) is 24.5 Å². The lowest BCUT2D eigenvalue weighted by Gasteiger charge is -2.35. The first-order valence-electron chi connectivity index (χ1n) is 7.46. The Balaban J connectivity index is 1.84. The average molecular weight is 283 g/mol. The van der Waals surface area contributed by atoms with E-state index in [1.165, 1.54) is 12.8 Å². The highest BCUT2D eigenvalue weighted by Gasteiger charge is 2.33. The normalized spacial score (nSPS) is 22.9. The first-order chi connectivity index (χ1) is 9.58. The molecule has 6 nitrogen and oxygen atoms in total. The molecule has 0 aromatic rings. The van der Waals surface area contributed by atoms with Crippen LogP contribution in [0.4, 0.5) is 0 Å². The summed E-state index contributed by atoms with van der Waals surface area (Å²) in [5, 5.41) is 6.03. The first-order valence-corrected chi connectivity index (χ1v) is 7.46. The van der Waals surface area contributed by atoms with Gasteiger partial charge >= 0.3 is 0 Å². The van der Waals surface area contributed by atoms with Gasteiger partial charge in [-0.15, -0.1) is 0 Å². The molecule has 1 heterocycles. The van der Waals surface area contributed by atoms with Gasteiger partial charge in [0, 0.05) is 12.6 Å². The molecular formula is C14H25N3O3. The Morgan fingerprint density at radius 2 is 2.10 bits per heavy atom. The standard InChI is InChI=1S/C14H25N3O3/c1-10(2)16-14(19)12-9-20-6-5-17(12)13(18)8-15-7-11-3-4-11/h10-12,15H,3-9H2,1-2H3,(H,16,19). The second kappa shape index (κ2) is 7.04. The smallest absolute Gasteiger partial charge is 0.245 e. The first kappa shape index (κ1) is 15.3. The molecule has 114 valence electrons. The number of ether oxygens (including phenoxy) is 1. The van der Waals surface area contributed by atoms with Crippen LogP contribution in [0.25, 0.3) is 0 Å². The average Bonchev–Trinajstić information content (AvgIpc) is 3.22. The lowest BCUT2D eigenvalue weighted by Crippen LogP contribution is -2.58. The van der Waals surface area contributed by atoms with Gasteiger partial charge in [-0.25, -0.2) is 0 Å². The van der Waals surface area contributed by atoms with Crippen LogP contribution >= 0.6 is 0 Å². The SMILES string of the molecule is CC(C)NC(=O)C1COCCN1C(=O)CNCC1CC1. The van der Waals surface area contributed by atoms with Crippen LogP contribution in [0.2, 0.25) is 0 Å². The van der Waals surface area contributed by atoms with Crippen LogP contribution in [-0.2, 0) is 14.3 Å². The van der Waals surface area contributed by atoms with E-state index in [1.54, 1.807) is 4.90 Å². The Bertz CT molecular complexity index is 356. The molecule has 0 aromatic heterocycles. The molecule has 0 radical (unpaired) electrons. The molecule has 1 aliphatic heterocycles. The van der Waals surface area contributed by atoms with E-state index in [9.17, 15) is 9.59 Å². The Kier molecular flexibility index (Phi) is 5.37. The summed E-state index contributed by atoms with van der Waals surface area (Å²) >= 11 is 0. The minimum Gasteiger partial charge on any atom is -0.377 e. The van der Waals surface area contributed by atoms with E-state index in [2.05, 4.69) is 10.6 Å². The second-order valence-electron chi connectivity index (χ2n) is 5.92. The van der Waals surface area contributed by atoms with E-state index >= 15 is 0 Å². The highest BCUT2D eigenvalue weighted by molar-refractivity contribution is 5.88. The maximum absolute atomic E-state index is 12.2. The maximum Gasteiger partial charge on any atom is 0.245 e. The molecule has 1 unspecified atom stereocenters. The highest BCUT2D eigenvalue weighted by atomic mass is 16.5. The number of carbonyl (C=O) groups excluding carboxylic acids is 2. The third-order valence-electron chi connectivity index (χ3n) is 3.59. The predicted octanol–water partition coefficient (Wildman–Crippen LogP) is -0.262. The third kappa shape index (κ3) is 4.45. The zero-order valence-corrected chi connectivity index (χ0v) is 12.4. The Labute approximate surface area is 120 Å². The molecule has 20 heavy (non-hydrogen) atoms. The fourth-order valence-electron chi connectivity index (χ4n) is 2.31. The van der Waals surface area contributed by atoms with Crippen LogP contribution < -0.4 is 10.6 Å². The van der Waals surface area contributed by atoms with Crippen molar-refractivity contribution in [3.8, 4) is 0 Å². The monoisotopic (exact) mass is 283 g/mol. The lowest BCUT2D eigenvalue weighted by molar-refractivity contribution is -0.148. The maximum atomic E-state index is 12.2. The van der Waals surface area contributed by atoms with Crippen LogP contribution in [0.5, 0.6) is 0 Å². The van der Waals surface area contributed by atoms with Crippen molar-refractivity contribution in [3.63, 3.8) is 0 Å². The molecule has 1 saturated heterocycles. The number of morpholine rings is 1. The number of amides is 2. The fraction of sp³-hybridized carbons (Fsp3) is 0.857. The third-order valence-corrected chi connectivity index (χ3v) is 3.59. The topological polar surface area (TPSA) is 70.7 Å². The number of carbonyl (C=O) groups is 2. The van der Waals surface area contributed by atoms with Crippen molar-refractivity contribution >= 4 is 11.8 Å². The second-order valence-corrected chi connectivity index (χ2v) is 5.92. The summed E-state index contributed by atoms with van der Waals surface area (Å²) in [4.78, 5) is 26.0. The largest absolute Gasteiger partial charge is 0.377 e. The van der Waals surface area contributed by atoms with Gasteiger partial charge in [0.2, 0.25) is 11.8 Å². The molecule has 0 bridgehead atoms. The van der Waals surface area contributed by atoms with Crippen molar-refractivity contribution in [3.05, 3.63) is 0 Å². The Hall–Kier alpha value is -1.14. The van der Waals surface area contributed by atoms with Gasteiger partial charge in [0.15, 0.2) is 0 Å². The van der Waals surface area contributed by atoms with Gasteiger partial charge in [-0.3, -0.25) is 9.59 Å². The summed E-state index contributed by atoms with van der Waals surface area (Å²) in [6.07, 6.45) is 2.52. The van der Waals surface area contributed by atoms with Crippen LogP contribution in [0.1, 0.15) is 26.7 Å². The molecule has 2 rings (SSSR count). The summed E-state index contributed by atoms with van der Waals surface area (Å²) in [6.45, 7) is 6.30. The molecule has 1 saturated carbocycles. The number of rotatable bonds is 6. The van der Waals surface area contributed by atoms with Crippen molar-refractivity contribution in [1.29, 1.82) is 0 Å². The number of nitrogens with zero attached hydrogens (tertiary/aromatic N) is 1. The molecule has 2 aliphatic rings. The zero-order chi connectivity index (χ0) is 14.5. The molecule has 2 fully saturated rings. The van der Waals surface area contributed by atoms with Gasteiger partial charge < -0.3 is 20.3 Å². The Morgan fingerprint density at radius 1 is 1.35 bits per heavy atom. The number of hydrogen-bond donors (Lipinski definition) is 2.